The van der Waals surface area contributed by atoms with Crippen LogP contribution in [0.3, 0.4) is 0 Å². The van der Waals surface area contributed by atoms with Crippen LogP contribution in [0.2, 0.25) is 0 Å². The minimum atomic E-state index is -4.01. The van der Waals surface area contributed by atoms with Crippen LogP contribution in [-0.4, -0.2) is 42.8 Å². The summed E-state index contributed by atoms with van der Waals surface area (Å²) in [7, 11) is 0. The lowest BCUT2D eigenvalue weighted by atomic mass is 10.0. The van der Waals surface area contributed by atoms with E-state index in [1.165, 1.54) is 6.42 Å². The van der Waals surface area contributed by atoms with Crippen molar-refractivity contribution in [2.75, 3.05) is 19.6 Å². The molecule has 0 bridgehead atoms. The molecular weight excluding hydrogens is 253 g/mol. The summed E-state index contributed by atoms with van der Waals surface area (Å²) in [6, 6.07) is 0.738. The lowest BCUT2D eigenvalue weighted by Crippen LogP contribution is -2.49. The van der Waals surface area contributed by atoms with Crippen molar-refractivity contribution in [3.63, 3.8) is 0 Å². The molecule has 19 heavy (non-hydrogen) atoms. The Balaban J connectivity index is 2.40. The van der Waals surface area contributed by atoms with Crippen LogP contribution in [0.5, 0.6) is 0 Å². The number of nitrogens with one attached hydrogen (secondary N) is 1. The quantitative estimate of drug-likeness (QED) is 0.767. The second-order valence-corrected chi connectivity index (χ2v) is 5.59. The number of hydrogen-bond acceptors (Lipinski definition) is 2. The molecule has 0 aliphatic carbocycles. The van der Waals surface area contributed by atoms with E-state index in [0.29, 0.717) is 12.5 Å². The Morgan fingerprint density at radius 2 is 2.11 bits per heavy atom. The maximum Gasteiger partial charge on any atom is 0.389 e. The van der Waals surface area contributed by atoms with E-state index in [4.69, 9.17) is 0 Å². The van der Waals surface area contributed by atoms with Gasteiger partial charge in [0.15, 0.2) is 0 Å². The number of nitrogens with zero attached hydrogens (tertiary/aromatic N) is 1. The van der Waals surface area contributed by atoms with Gasteiger partial charge in [0.2, 0.25) is 0 Å². The van der Waals surface area contributed by atoms with Gasteiger partial charge in [-0.15, -0.1) is 0 Å². The highest BCUT2D eigenvalue weighted by molar-refractivity contribution is 4.81. The molecule has 2 atom stereocenters. The lowest BCUT2D eigenvalue weighted by Gasteiger charge is -2.39. The SMILES string of the molecule is CCCN(C(C)CCCC(F)(F)F)C1CCCNC1. The van der Waals surface area contributed by atoms with Gasteiger partial charge in [0.25, 0.3) is 0 Å². The lowest BCUT2D eigenvalue weighted by molar-refractivity contribution is -0.136. The molecule has 1 aliphatic rings. The number of piperidine rings is 1. The van der Waals surface area contributed by atoms with Crippen LogP contribution < -0.4 is 5.32 Å². The zero-order valence-electron chi connectivity index (χ0n) is 12.1. The average Bonchev–Trinajstić information content (AvgIpc) is 2.35. The summed E-state index contributed by atoms with van der Waals surface area (Å²) in [4.78, 5) is 2.41. The van der Waals surface area contributed by atoms with E-state index in [9.17, 15) is 13.2 Å². The van der Waals surface area contributed by atoms with E-state index in [-0.39, 0.29) is 12.5 Å². The van der Waals surface area contributed by atoms with Crippen molar-refractivity contribution in [1.82, 2.24) is 10.2 Å². The maximum absolute atomic E-state index is 12.2. The van der Waals surface area contributed by atoms with Crippen molar-refractivity contribution in [2.24, 2.45) is 0 Å². The van der Waals surface area contributed by atoms with E-state index >= 15 is 0 Å². The van der Waals surface area contributed by atoms with Gasteiger partial charge < -0.3 is 5.32 Å². The number of rotatable bonds is 7. The van der Waals surface area contributed by atoms with Gasteiger partial charge in [0.1, 0.15) is 0 Å². The molecule has 2 unspecified atom stereocenters. The van der Waals surface area contributed by atoms with Crippen LogP contribution in [0, 0.1) is 0 Å². The van der Waals surface area contributed by atoms with Gasteiger partial charge in [0.05, 0.1) is 0 Å². The first-order valence-corrected chi connectivity index (χ1v) is 7.47. The molecule has 0 radical (unpaired) electrons. The fourth-order valence-corrected chi connectivity index (χ4v) is 2.90. The summed E-state index contributed by atoms with van der Waals surface area (Å²) in [6.07, 6.45) is -0.403. The third kappa shape index (κ3) is 6.61. The van der Waals surface area contributed by atoms with Gasteiger partial charge in [0, 0.05) is 25.0 Å². The molecule has 0 spiro atoms. The largest absolute Gasteiger partial charge is 0.389 e. The van der Waals surface area contributed by atoms with E-state index in [2.05, 4.69) is 24.1 Å². The Hall–Kier alpha value is -0.290. The van der Waals surface area contributed by atoms with Crippen LogP contribution >= 0.6 is 0 Å². The van der Waals surface area contributed by atoms with Crippen molar-refractivity contribution in [1.29, 1.82) is 0 Å². The Labute approximate surface area is 114 Å². The summed E-state index contributed by atoms with van der Waals surface area (Å²) in [5, 5.41) is 3.39. The Morgan fingerprint density at radius 1 is 1.37 bits per heavy atom. The van der Waals surface area contributed by atoms with Gasteiger partial charge in [-0.25, -0.2) is 0 Å². The summed E-state index contributed by atoms with van der Waals surface area (Å²) in [5.74, 6) is 0. The number of halogens is 3. The van der Waals surface area contributed by atoms with E-state index in [0.717, 1.165) is 32.5 Å². The van der Waals surface area contributed by atoms with E-state index in [1.54, 1.807) is 0 Å². The second kappa shape index (κ2) is 8.10. The summed E-state index contributed by atoms with van der Waals surface area (Å²) < 4.78 is 36.6. The molecule has 1 heterocycles. The average molecular weight is 280 g/mol. The van der Waals surface area contributed by atoms with Crippen LogP contribution in [0.15, 0.2) is 0 Å². The zero-order chi connectivity index (χ0) is 14.3. The molecule has 0 aromatic carbocycles. The maximum atomic E-state index is 12.2. The summed E-state index contributed by atoms with van der Waals surface area (Å²) >= 11 is 0. The van der Waals surface area contributed by atoms with Crippen LogP contribution in [0.1, 0.15) is 52.4 Å². The van der Waals surface area contributed by atoms with Gasteiger partial charge >= 0.3 is 6.18 Å². The van der Waals surface area contributed by atoms with Crippen molar-refractivity contribution in [3.8, 4) is 0 Å². The first-order chi connectivity index (χ1) is 8.94. The smallest absolute Gasteiger partial charge is 0.315 e. The molecule has 1 rings (SSSR count). The standard InChI is InChI=1S/C14H27F3N2/c1-3-10-19(13-7-5-9-18-11-13)12(2)6-4-8-14(15,16)17/h12-13,18H,3-11H2,1-2H3. The van der Waals surface area contributed by atoms with Gasteiger partial charge in [-0.05, 0) is 52.1 Å². The first kappa shape index (κ1) is 16.8. The van der Waals surface area contributed by atoms with Crippen LogP contribution in [0.4, 0.5) is 13.2 Å². The Kier molecular flexibility index (Phi) is 7.15. The van der Waals surface area contributed by atoms with Gasteiger partial charge in [-0.1, -0.05) is 6.92 Å². The molecule has 5 heteroatoms. The monoisotopic (exact) mass is 280 g/mol. The van der Waals surface area contributed by atoms with E-state index in [1.807, 2.05) is 0 Å². The van der Waals surface area contributed by atoms with Crippen LogP contribution in [-0.2, 0) is 0 Å². The molecule has 0 saturated carbocycles. The van der Waals surface area contributed by atoms with Crippen molar-refractivity contribution >= 4 is 0 Å². The van der Waals surface area contributed by atoms with Crippen molar-refractivity contribution < 1.29 is 13.2 Å². The molecular formula is C14H27F3N2. The highest BCUT2D eigenvalue weighted by Gasteiger charge is 2.28. The Bertz CT molecular complexity index is 237. The highest BCUT2D eigenvalue weighted by atomic mass is 19.4. The number of hydrogen-bond donors (Lipinski definition) is 1. The Morgan fingerprint density at radius 3 is 2.63 bits per heavy atom. The molecule has 1 saturated heterocycles. The number of alkyl halides is 3. The first-order valence-electron chi connectivity index (χ1n) is 7.47. The second-order valence-electron chi connectivity index (χ2n) is 5.59. The molecule has 0 aromatic heterocycles. The van der Waals surface area contributed by atoms with Crippen molar-refractivity contribution in [2.45, 2.75) is 70.6 Å². The zero-order valence-corrected chi connectivity index (χ0v) is 12.1. The minimum Gasteiger partial charge on any atom is -0.315 e. The van der Waals surface area contributed by atoms with Crippen molar-refractivity contribution in [3.05, 3.63) is 0 Å². The molecule has 114 valence electrons. The molecule has 1 N–H and O–H groups in total. The molecule has 1 aliphatic heterocycles. The highest BCUT2D eigenvalue weighted by Crippen LogP contribution is 2.24. The fourth-order valence-electron chi connectivity index (χ4n) is 2.90. The van der Waals surface area contributed by atoms with E-state index < -0.39 is 12.6 Å². The normalized spacial score (nSPS) is 22.7. The molecule has 0 amide bonds. The van der Waals surface area contributed by atoms with Gasteiger partial charge in [-0.3, -0.25) is 4.90 Å². The summed E-state index contributed by atoms with van der Waals surface area (Å²) in [5.41, 5.74) is 0. The third-order valence-electron chi connectivity index (χ3n) is 3.87. The fraction of sp³-hybridized carbons (Fsp3) is 1.00. The predicted octanol–water partition coefficient (Wildman–Crippen LogP) is 3.57. The molecule has 2 nitrogen and oxygen atoms in total. The topological polar surface area (TPSA) is 15.3 Å². The third-order valence-corrected chi connectivity index (χ3v) is 3.87. The molecule has 0 aromatic rings. The van der Waals surface area contributed by atoms with Crippen LogP contribution in [0.25, 0.3) is 0 Å². The predicted molar refractivity (Wildman–Crippen MR) is 72.3 cm³/mol. The van der Waals surface area contributed by atoms with Gasteiger partial charge in [-0.2, -0.15) is 13.2 Å². The minimum absolute atomic E-state index is 0.241. The molecule has 1 fully saturated rings. The summed E-state index contributed by atoms with van der Waals surface area (Å²) in [6.45, 7) is 7.23.